The third-order valence-corrected chi connectivity index (χ3v) is 5.51. The van der Waals surface area contributed by atoms with Gasteiger partial charge in [0.2, 0.25) is 11.8 Å². The maximum atomic E-state index is 13.5. The maximum Gasteiger partial charge on any atom is 0.242 e. The van der Waals surface area contributed by atoms with Crippen LogP contribution in [0.5, 0.6) is 5.75 Å². The lowest BCUT2D eigenvalue weighted by atomic mass is 9.90. The Bertz CT molecular complexity index is 1080. The molecule has 3 aromatic carbocycles. The number of rotatable bonds is 11. The molecule has 0 bridgehead atoms. The minimum absolute atomic E-state index is 0.0180. The van der Waals surface area contributed by atoms with Crippen LogP contribution in [-0.2, 0) is 16.1 Å². The predicted octanol–water partition coefficient (Wildman–Crippen LogP) is 2.38. The van der Waals surface area contributed by atoms with Crippen molar-refractivity contribution in [3.63, 3.8) is 0 Å². The number of hydrogen-bond donors (Lipinski definition) is 5. The Morgan fingerprint density at radius 1 is 0.829 bits per heavy atom. The van der Waals surface area contributed by atoms with Crippen LogP contribution in [0.25, 0.3) is 0 Å². The Labute approximate surface area is 205 Å². The van der Waals surface area contributed by atoms with Crippen molar-refractivity contribution in [3.05, 3.63) is 102 Å². The van der Waals surface area contributed by atoms with E-state index in [1.807, 2.05) is 60.7 Å². The minimum atomic E-state index is -0.774. The van der Waals surface area contributed by atoms with Crippen LogP contribution in [0.2, 0.25) is 0 Å². The normalized spacial score (nSPS) is 11.5. The molecule has 182 valence electrons. The lowest BCUT2D eigenvalue weighted by Crippen LogP contribution is -2.48. The van der Waals surface area contributed by atoms with Gasteiger partial charge in [-0.1, -0.05) is 72.8 Å². The number of carbonyl (C=O) groups is 2. The number of hydrogen-bond acceptors (Lipinski definition) is 4. The third-order valence-electron chi connectivity index (χ3n) is 5.51. The van der Waals surface area contributed by atoms with E-state index < -0.39 is 12.0 Å². The summed E-state index contributed by atoms with van der Waals surface area (Å²) in [6, 6.07) is 24.7. The van der Waals surface area contributed by atoms with E-state index in [0.717, 1.165) is 16.7 Å². The Hall–Kier alpha value is -4.33. The molecule has 3 aromatic rings. The van der Waals surface area contributed by atoms with Gasteiger partial charge in [-0.05, 0) is 41.7 Å². The first-order valence-electron chi connectivity index (χ1n) is 11.5. The molecule has 0 saturated heterocycles. The summed E-state index contributed by atoms with van der Waals surface area (Å²) in [6.07, 6.45) is 0.872. The van der Waals surface area contributed by atoms with Crippen LogP contribution < -0.4 is 22.1 Å². The molecule has 0 aliphatic heterocycles. The van der Waals surface area contributed by atoms with Gasteiger partial charge in [0.25, 0.3) is 0 Å². The summed E-state index contributed by atoms with van der Waals surface area (Å²) in [5, 5.41) is 15.3. The van der Waals surface area contributed by atoms with E-state index in [1.165, 1.54) is 0 Å². The van der Waals surface area contributed by atoms with Crippen molar-refractivity contribution >= 4 is 17.8 Å². The zero-order chi connectivity index (χ0) is 25.0. The highest BCUT2D eigenvalue weighted by Crippen LogP contribution is 2.25. The van der Waals surface area contributed by atoms with Crippen LogP contribution in [0.4, 0.5) is 0 Å². The molecule has 0 unspecified atom stereocenters. The first-order valence-corrected chi connectivity index (χ1v) is 11.5. The van der Waals surface area contributed by atoms with Gasteiger partial charge in [0, 0.05) is 13.1 Å². The number of phenols is 1. The third kappa shape index (κ3) is 7.89. The fraction of sp³-hybridized carbons (Fsp3) is 0.222. The van der Waals surface area contributed by atoms with Crippen molar-refractivity contribution in [1.29, 1.82) is 0 Å². The lowest BCUT2D eigenvalue weighted by molar-refractivity contribution is -0.129. The summed E-state index contributed by atoms with van der Waals surface area (Å²) in [5.41, 5.74) is 13.3. The zero-order valence-electron chi connectivity index (χ0n) is 19.4. The Kier molecular flexibility index (Phi) is 9.24. The van der Waals surface area contributed by atoms with Crippen molar-refractivity contribution in [1.82, 2.24) is 10.6 Å². The largest absolute Gasteiger partial charge is 0.508 e. The summed E-state index contributed by atoms with van der Waals surface area (Å²) in [6.45, 7) is 0.612. The standard InChI is InChI=1S/C27H31N5O3/c28-27(29)30-17-7-12-23(25(34)31-18-19-13-15-22(33)16-14-19)32-26(35)24(20-8-3-1-4-9-20)21-10-5-2-6-11-21/h1-6,8-11,13-16,23-24,33H,7,12,17-18H2,(H,31,34)(H,32,35)(H4,28,29,30)/t23-/m0/s1. The zero-order valence-corrected chi connectivity index (χ0v) is 19.4. The van der Waals surface area contributed by atoms with E-state index in [9.17, 15) is 14.7 Å². The fourth-order valence-electron chi connectivity index (χ4n) is 3.74. The molecule has 35 heavy (non-hydrogen) atoms. The minimum Gasteiger partial charge on any atom is -0.508 e. The Morgan fingerprint density at radius 3 is 1.94 bits per heavy atom. The molecular formula is C27H31N5O3. The topological polar surface area (TPSA) is 143 Å². The van der Waals surface area contributed by atoms with E-state index in [0.29, 0.717) is 19.4 Å². The van der Waals surface area contributed by atoms with Crippen LogP contribution in [0, 0.1) is 0 Å². The number of phenolic OH excluding ortho intramolecular Hbond substituents is 1. The molecule has 0 aliphatic carbocycles. The van der Waals surface area contributed by atoms with Gasteiger partial charge in [-0.2, -0.15) is 0 Å². The SMILES string of the molecule is NC(N)=NCCC[C@H](NC(=O)C(c1ccccc1)c1ccccc1)C(=O)NCc1ccc(O)cc1. The Balaban J connectivity index is 1.76. The average molecular weight is 474 g/mol. The van der Waals surface area contributed by atoms with Gasteiger partial charge in [-0.25, -0.2) is 0 Å². The summed E-state index contributed by atoms with van der Waals surface area (Å²) >= 11 is 0. The number of carbonyl (C=O) groups excluding carboxylic acids is 2. The second kappa shape index (κ2) is 12.8. The molecule has 0 radical (unpaired) electrons. The second-order valence-corrected chi connectivity index (χ2v) is 8.15. The number of benzene rings is 3. The van der Waals surface area contributed by atoms with E-state index in [2.05, 4.69) is 15.6 Å². The molecule has 8 nitrogen and oxygen atoms in total. The number of nitrogens with one attached hydrogen (secondary N) is 2. The number of nitrogens with zero attached hydrogens (tertiary/aromatic N) is 1. The molecular weight excluding hydrogens is 442 g/mol. The molecule has 0 saturated carbocycles. The summed E-state index contributed by atoms with van der Waals surface area (Å²) < 4.78 is 0. The highest BCUT2D eigenvalue weighted by Gasteiger charge is 2.27. The van der Waals surface area contributed by atoms with Crippen LogP contribution in [0.1, 0.15) is 35.4 Å². The van der Waals surface area contributed by atoms with Gasteiger partial charge >= 0.3 is 0 Å². The van der Waals surface area contributed by atoms with Crippen LogP contribution in [0.15, 0.2) is 89.9 Å². The molecule has 7 N–H and O–H groups in total. The monoisotopic (exact) mass is 473 g/mol. The Morgan fingerprint density at radius 2 is 1.40 bits per heavy atom. The number of aromatic hydroxyl groups is 1. The van der Waals surface area contributed by atoms with E-state index in [1.54, 1.807) is 24.3 Å². The first kappa shape index (κ1) is 25.3. The van der Waals surface area contributed by atoms with Crippen LogP contribution in [-0.4, -0.2) is 35.5 Å². The number of amides is 2. The maximum absolute atomic E-state index is 13.5. The second-order valence-electron chi connectivity index (χ2n) is 8.15. The van der Waals surface area contributed by atoms with Crippen molar-refractivity contribution in [2.45, 2.75) is 31.3 Å². The highest BCUT2D eigenvalue weighted by molar-refractivity contribution is 5.92. The molecule has 2 amide bonds. The van der Waals surface area contributed by atoms with Gasteiger partial charge in [0.1, 0.15) is 11.8 Å². The summed E-state index contributed by atoms with van der Waals surface area (Å²) in [7, 11) is 0. The van der Waals surface area contributed by atoms with Gasteiger partial charge in [0.05, 0.1) is 5.92 Å². The van der Waals surface area contributed by atoms with Gasteiger partial charge in [-0.15, -0.1) is 0 Å². The van der Waals surface area contributed by atoms with Gasteiger partial charge in [0.15, 0.2) is 5.96 Å². The molecule has 3 rings (SSSR count). The average Bonchev–Trinajstić information content (AvgIpc) is 2.86. The number of guanidine groups is 1. The van der Waals surface area contributed by atoms with Gasteiger partial charge in [-0.3, -0.25) is 14.6 Å². The molecule has 0 heterocycles. The molecule has 0 aromatic heterocycles. The van der Waals surface area contributed by atoms with E-state index >= 15 is 0 Å². The highest BCUT2D eigenvalue weighted by atomic mass is 16.3. The smallest absolute Gasteiger partial charge is 0.242 e. The number of nitrogens with two attached hydrogens (primary N) is 2. The van der Waals surface area contributed by atoms with Crippen molar-refractivity contribution in [2.75, 3.05) is 6.54 Å². The van der Waals surface area contributed by atoms with Crippen LogP contribution >= 0.6 is 0 Å². The molecule has 0 spiro atoms. The quantitative estimate of drug-likeness (QED) is 0.165. The van der Waals surface area contributed by atoms with E-state index in [-0.39, 0.29) is 30.1 Å². The number of aliphatic imine (C=N–C) groups is 1. The lowest BCUT2D eigenvalue weighted by Gasteiger charge is -2.23. The summed E-state index contributed by atoms with van der Waals surface area (Å²) in [4.78, 5) is 30.6. The van der Waals surface area contributed by atoms with E-state index in [4.69, 9.17) is 11.5 Å². The van der Waals surface area contributed by atoms with Crippen LogP contribution in [0.3, 0.4) is 0 Å². The van der Waals surface area contributed by atoms with Gasteiger partial charge < -0.3 is 27.2 Å². The fourth-order valence-corrected chi connectivity index (χ4v) is 3.74. The molecule has 1 atom stereocenters. The molecule has 0 aliphatic rings. The van der Waals surface area contributed by atoms with Crippen molar-refractivity contribution in [3.8, 4) is 5.75 Å². The van der Waals surface area contributed by atoms with Crippen molar-refractivity contribution < 1.29 is 14.7 Å². The predicted molar refractivity (Wildman–Crippen MR) is 137 cm³/mol. The summed E-state index contributed by atoms with van der Waals surface area (Å²) in [5.74, 6) is -1.01. The first-order chi connectivity index (χ1) is 16.9. The van der Waals surface area contributed by atoms with Crippen molar-refractivity contribution in [2.24, 2.45) is 16.5 Å². The molecule has 0 fully saturated rings. The molecule has 8 heteroatoms.